The second-order valence-electron chi connectivity index (χ2n) is 5.79. The Labute approximate surface area is 154 Å². The van der Waals surface area contributed by atoms with E-state index in [1.807, 2.05) is 6.07 Å². The first kappa shape index (κ1) is 17.9. The van der Waals surface area contributed by atoms with Crippen LogP contribution in [0.15, 0.2) is 53.4 Å². The van der Waals surface area contributed by atoms with Crippen molar-refractivity contribution in [3.63, 3.8) is 0 Å². The summed E-state index contributed by atoms with van der Waals surface area (Å²) in [5.41, 5.74) is 1.44. The van der Waals surface area contributed by atoms with E-state index in [4.69, 9.17) is 0 Å². The van der Waals surface area contributed by atoms with E-state index in [1.165, 1.54) is 23.9 Å². The summed E-state index contributed by atoms with van der Waals surface area (Å²) in [5.74, 6) is 0.102. The lowest BCUT2D eigenvalue weighted by molar-refractivity contribution is -0.384. The van der Waals surface area contributed by atoms with E-state index in [1.54, 1.807) is 35.2 Å². The molecular formula is C18H17N3O4S. The minimum atomic E-state index is -0.459. The van der Waals surface area contributed by atoms with E-state index in [2.05, 4.69) is 5.32 Å². The molecule has 7 nitrogen and oxygen atoms in total. The van der Waals surface area contributed by atoms with Gasteiger partial charge in [-0.2, -0.15) is 0 Å². The van der Waals surface area contributed by atoms with Crippen LogP contribution in [0.2, 0.25) is 0 Å². The third kappa shape index (κ3) is 4.40. The van der Waals surface area contributed by atoms with Crippen molar-refractivity contribution < 1.29 is 14.5 Å². The van der Waals surface area contributed by atoms with Crippen LogP contribution in [0.1, 0.15) is 12.8 Å². The number of carbonyl (C=O) groups is 2. The fraction of sp³-hybridized carbons (Fsp3) is 0.222. The average molecular weight is 371 g/mol. The number of amides is 2. The second kappa shape index (κ2) is 8.01. The fourth-order valence-electron chi connectivity index (χ4n) is 2.68. The zero-order valence-corrected chi connectivity index (χ0v) is 14.7. The van der Waals surface area contributed by atoms with Crippen LogP contribution >= 0.6 is 11.8 Å². The number of nitrogens with zero attached hydrogens (tertiary/aromatic N) is 2. The van der Waals surface area contributed by atoms with Gasteiger partial charge in [-0.15, -0.1) is 11.8 Å². The Morgan fingerprint density at radius 1 is 1.23 bits per heavy atom. The van der Waals surface area contributed by atoms with Gasteiger partial charge in [0.05, 0.1) is 10.7 Å². The standard InChI is InChI=1S/C18H17N3O4S/c22-17(12-26-16-8-6-14(7-9-16)21(24)25)19-13-3-1-4-15(11-13)20-10-2-5-18(20)23/h1,3-4,6-9,11H,2,5,10,12H2,(H,19,22). The number of carbonyl (C=O) groups excluding carboxylic acids is 2. The Kier molecular flexibility index (Phi) is 5.52. The number of benzene rings is 2. The molecule has 0 unspecified atom stereocenters. The maximum absolute atomic E-state index is 12.1. The van der Waals surface area contributed by atoms with Gasteiger partial charge in [-0.1, -0.05) is 6.07 Å². The molecule has 3 rings (SSSR count). The zero-order valence-electron chi connectivity index (χ0n) is 13.9. The van der Waals surface area contributed by atoms with Crippen molar-refractivity contribution >= 4 is 40.6 Å². The van der Waals surface area contributed by atoms with Gasteiger partial charge in [-0.25, -0.2) is 0 Å². The largest absolute Gasteiger partial charge is 0.325 e. The van der Waals surface area contributed by atoms with Crippen LogP contribution in [-0.4, -0.2) is 29.0 Å². The molecule has 1 aliphatic heterocycles. The average Bonchev–Trinajstić information content (AvgIpc) is 3.06. The van der Waals surface area contributed by atoms with Crippen molar-refractivity contribution in [2.45, 2.75) is 17.7 Å². The van der Waals surface area contributed by atoms with E-state index < -0.39 is 4.92 Å². The van der Waals surface area contributed by atoms with Crippen molar-refractivity contribution in [2.75, 3.05) is 22.5 Å². The lowest BCUT2D eigenvalue weighted by Crippen LogP contribution is -2.23. The Bertz CT molecular complexity index is 839. The Balaban J connectivity index is 1.56. The molecule has 0 aliphatic carbocycles. The summed E-state index contributed by atoms with van der Waals surface area (Å²) >= 11 is 1.30. The number of nitro groups is 1. The molecule has 134 valence electrons. The van der Waals surface area contributed by atoms with Crippen molar-refractivity contribution in [1.82, 2.24) is 0 Å². The van der Waals surface area contributed by atoms with Crippen LogP contribution in [0, 0.1) is 10.1 Å². The highest BCUT2D eigenvalue weighted by Crippen LogP contribution is 2.25. The van der Waals surface area contributed by atoms with Gasteiger partial charge < -0.3 is 10.2 Å². The molecule has 2 amide bonds. The minimum absolute atomic E-state index is 0.0204. The van der Waals surface area contributed by atoms with E-state index >= 15 is 0 Å². The van der Waals surface area contributed by atoms with Crippen LogP contribution in [-0.2, 0) is 9.59 Å². The third-order valence-electron chi connectivity index (χ3n) is 3.93. The van der Waals surface area contributed by atoms with Gasteiger partial charge >= 0.3 is 0 Å². The SMILES string of the molecule is O=C(CSc1ccc([N+](=O)[O-])cc1)Nc1cccc(N2CCCC2=O)c1. The molecule has 26 heavy (non-hydrogen) atoms. The van der Waals surface area contributed by atoms with E-state index in [0.29, 0.717) is 18.7 Å². The molecule has 1 N–H and O–H groups in total. The predicted octanol–water partition coefficient (Wildman–Crippen LogP) is 3.45. The first-order valence-corrected chi connectivity index (χ1v) is 9.09. The summed E-state index contributed by atoms with van der Waals surface area (Å²) < 4.78 is 0. The van der Waals surface area contributed by atoms with Gasteiger partial charge in [0.25, 0.3) is 5.69 Å². The summed E-state index contributed by atoms with van der Waals surface area (Å²) in [6.07, 6.45) is 1.41. The lowest BCUT2D eigenvalue weighted by atomic mass is 10.2. The third-order valence-corrected chi connectivity index (χ3v) is 4.94. The molecule has 1 heterocycles. The van der Waals surface area contributed by atoms with Gasteiger partial charge in [0.15, 0.2) is 0 Å². The number of non-ortho nitro benzene ring substituents is 1. The highest BCUT2D eigenvalue weighted by atomic mass is 32.2. The molecule has 0 atom stereocenters. The predicted molar refractivity (Wildman–Crippen MR) is 100 cm³/mol. The number of nitrogens with one attached hydrogen (secondary N) is 1. The minimum Gasteiger partial charge on any atom is -0.325 e. The van der Waals surface area contributed by atoms with Gasteiger partial charge in [0.2, 0.25) is 11.8 Å². The fourth-order valence-corrected chi connectivity index (χ4v) is 3.38. The normalized spacial score (nSPS) is 13.7. The molecule has 2 aromatic rings. The molecule has 1 aliphatic rings. The topological polar surface area (TPSA) is 92.5 Å². The zero-order chi connectivity index (χ0) is 18.5. The first-order valence-electron chi connectivity index (χ1n) is 8.10. The molecular weight excluding hydrogens is 354 g/mol. The number of hydrogen-bond donors (Lipinski definition) is 1. The smallest absolute Gasteiger partial charge is 0.269 e. The van der Waals surface area contributed by atoms with Crippen molar-refractivity contribution in [1.29, 1.82) is 0 Å². The van der Waals surface area contributed by atoms with Gasteiger partial charge in [0.1, 0.15) is 0 Å². The first-order chi connectivity index (χ1) is 12.5. The van der Waals surface area contributed by atoms with Crippen LogP contribution in [0.3, 0.4) is 0 Å². The van der Waals surface area contributed by atoms with Crippen molar-refractivity contribution in [2.24, 2.45) is 0 Å². The number of hydrogen-bond acceptors (Lipinski definition) is 5. The number of nitro benzene ring substituents is 1. The van der Waals surface area contributed by atoms with Crippen LogP contribution in [0.5, 0.6) is 0 Å². The summed E-state index contributed by atoms with van der Waals surface area (Å²) in [6.45, 7) is 0.701. The maximum atomic E-state index is 12.1. The summed E-state index contributed by atoms with van der Waals surface area (Å²) in [5, 5.41) is 13.4. The monoisotopic (exact) mass is 371 g/mol. The highest BCUT2D eigenvalue weighted by Gasteiger charge is 2.21. The Morgan fingerprint density at radius 3 is 2.65 bits per heavy atom. The van der Waals surface area contributed by atoms with E-state index in [9.17, 15) is 19.7 Å². The number of rotatable bonds is 6. The number of anilines is 2. The van der Waals surface area contributed by atoms with E-state index in [0.717, 1.165) is 17.0 Å². The van der Waals surface area contributed by atoms with Crippen molar-refractivity contribution in [3.05, 3.63) is 58.6 Å². The summed E-state index contributed by atoms with van der Waals surface area (Å²) in [4.78, 5) is 36.6. The summed E-state index contributed by atoms with van der Waals surface area (Å²) in [7, 11) is 0. The highest BCUT2D eigenvalue weighted by molar-refractivity contribution is 8.00. The Morgan fingerprint density at radius 2 is 2.00 bits per heavy atom. The second-order valence-corrected chi connectivity index (χ2v) is 6.84. The molecule has 0 saturated carbocycles. The molecule has 0 aromatic heterocycles. The maximum Gasteiger partial charge on any atom is 0.269 e. The van der Waals surface area contributed by atoms with Crippen LogP contribution in [0.4, 0.5) is 17.1 Å². The number of thioether (sulfide) groups is 1. The molecule has 0 spiro atoms. The lowest BCUT2D eigenvalue weighted by Gasteiger charge is -2.16. The molecule has 8 heteroatoms. The molecule has 1 saturated heterocycles. The van der Waals surface area contributed by atoms with Crippen LogP contribution < -0.4 is 10.2 Å². The van der Waals surface area contributed by atoms with Crippen molar-refractivity contribution in [3.8, 4) is 0 Å². The van der Waals surface area contributed by atoms with Crippen LogP contribution in [0.25, 0.3) is 0 Å². The Hall–Kier alpha value is -2.87. The summed E-state index contributed by atoms with van der Waals surface area (Å²) in [6, 6.07) is 13.3. The molecule has 0 radical (unpaired) electrons. The quantitative estimate of drug-likeness (QED) is 0.477. The molecule has 2 aromatic carbocycles. The van der Waals surface area contributed by atoms with Gasteiger partial charge in [0, 0.05) is 41.4 Å². The molecule has 1 fully saturated rings. The van der Waals surface area contributed by atoms with Gasteiger partial charge in [-0.05, 0) is 36.8 Å². The molecule has 0 bridgehead atoms. The van der Waals surface area contributed by atoms with E-state index in [-0.39, 0.29) is 23.3 Å². The van der Waals surface area contributed by atoms with Gasteiger partial charge in [-0.3, -0.25) is 19.7 Å².